The number of rotatable bonds is 11. The molecule has 0 atom stereocenters. The Morgan fingerprint density at radius 1 is 0.909 bits per heavy atom. The number of unbranched alkanes of at least 4 members (excludes halogenated alkanes) is 8. The summed E-state index contributed by atoms with van der Waals surface area (Å²) in [6.45, 7) is 2.25. The summed E-state index contributed by atoms with van der Waals surface area (Å²) in [5, 5.41) is 1.06. The van der Waals surface area contributed by atoms with Gasteiger partial charge in [0.15, 0.2) is 5.78 Å². The highest BCUT2D eigenvalue weighted by Gasteiger charge is 2.10. The first-order valence-electron chi connectivity index (χ1n) is 8.92. The van der Waals surface area contributed by atoms with Crippen LogP contribution in [0.2, 0.25) is 0 Å². The van der Waals surface area contributed by atoms with Gasteiger partial charge in [0, 0.05) is 29.1 Å². The molecule has 0 spiro atoms. The summed E-state index contributed by atoms with van der Waals surface area (Å²) >= 11 is 0. The highest BCUT2D eigenvalue weighted by atomic mass is 16.1. The molecule has 22 heavy (non-hydrogen) atoms. The first kappa shape index (κ1) is 16.8. The van der Waals surface area contributed by atoms with Gasteiger partial charge in [0.1, 0.15) is 0 Å². The van der Waals surface area contributed by atoms with Gasteiger partial charge in [-0.15, -0.1) is 0 Å². The summed E-state index contributed by atoms with van der Waals surface area (Å²) in [6.07, 6.45) is 14.1. The minimum Gasteiger partial charge on any atom is -0.360 e. The van der Waals surface area contributed by atoms with Crippen LogP contribution in [0.1, 0.15) is 81.5 Å². The average Bonchev–Trinajstić information content (AvgIpc) is 2.97. The van der Waals surface area contributed by atoms with E-state index in [-0.39, 0.29) is 5.78 Å². The molecule has 2 nitrogen and oxygen atoms in total. The Kier molecular flexibility index (Phi) is 7.21. The van der Waals surface area contributed by atoms with Crippen molar-refractivity contribution in [2.75, 3.05) is 0 Å². The van der Waals surface area contributed by atoms with E-state index in [1.165, 1.54) is 51.4 Å². The number of nitrogens with one attached hydrogen (secondary N) is 1. The largest absolute Gasteiger partial charge is 0.360 e. The lowest BCUT2D eigenvalue weighted by Crippen LogP contribution is -1.97. The molecule has 0 aliphatic carbocycles. The molecule has 1 aromatic carbocycles. The smallest absolute Gasteiger partial charge is 0.165 e. The van der Waals surface area contributed by atoms with Crippen LogP contribution in [-0.2, 0) is 0 Å². The lowest BCUT2D eigenvalue weighted by molar-refractivity contribution is 0.0980. The number of aromatic amines is 1. The molecule has 0 unspecified atom stereocenters. The summed E-state index contributed by atoms with van der Waals surface area (Å²) in [5.74, 6) is 0.278. The van der Waals surface area contributed by atoms with Crippen LogP contribution in [0.3, 0.4) is 0 Å². The van der Waals surface area contributed by atoms with Crippen molar-refractivity contribution in [2.45, 2.75) is 71.1 Å². The zero-order valence-electron chi connectivity index (χ0n) is 13.9. The van der Waals surface area contributed by atoms with Crippen molar-refractivity contribution in [3.63, 3.8) is 0 Å². The van der Waals surface area contributed by atoms with E-state index in [0.717, 1.165) is 22.9 Å². The van der Waals surface area contributed by atoms with Crippen molar-refractivity contribution in [1.82, 2.24) is 4.98 Å². The zero-order chi connectivity index (χ0) is 15.6. The summed E-state index contributed by atoms with van der Waals surface area (Å²) in [7, 11) is 0. The van der Waals surface area contributed by atoms with Crippen molar-refractivity contribution in [3.8, 4) is 0 Å². The second kappa shape index (κ2) is 9.45. The first-order chi connectivity index (χ1) is 10.8. The van der Waals surface area contributed by atoms with Crippen LogP contribution in [0.5, 0.6) is 0 Å². The fraction of sp³-hybridized carbons (Fsp3) is 0.550. The maximum atomic E-state index is 12.3. The van der Waals surface area contributed by atoms with E-state index in [1.54, 1.807) is 0 Å². The number of hydrogen-bond acceptors (Lipinski definition) is 1. The minimum absolute atomic E-state index is 0.278. The summed E-state index contributed by atoms with van der Waals surface area (Å²) in [5.41, 5.74) is 1.91. The fourth-order valence-electron chi connectivity index (χ4n) is 3.03. The van der Waals surface area contributed by atoms with E-state index in [2.05, 4.69) is 11.9 Å². The number of H-pyrrole nitrogens is 1. The van der Waals surface area contributed by atoms with Crippen molar-refractivity contribution >= 4 is 16.7 Å². The normalized spacial score (nSPS) is 11.1. The Bertz CT molecular complexity index is 570. The van der Waals surface area contributed by atoms with Crippen LogP contribution < -0.4 is 0 Å². The number of aromatic nitrogens is 1. The van der Waals surface area contributed by atoms with E-state index >= 15 is 0 Å². The zero-order valence-corrected chi connectivity index (χ0v) is 13.9. The Hall–Kier alpha value is -1.57. The molecule has 0 fully saturated rings. The molecule has 0 saturated heterocycles. The predicted octanol–water partition coefficient (Wildman–Crippen LogP) is 6.27. The van der Waals surface area contributed by atoms with Crippen LogP contribution in [0.15, 0.2) is 30.5 Å². The Morgan fingerprint density at radius 2 is 1.55 bits per heavy atom. The van der Waals surface area contributed by atoms with Gasteiger partial charge in [-0.1, -0.05) is 76.5 Å². The Morgan fingerprint density at radius 3 is 2.27 bits per heavy atom. The lowest BCUT2D eigenvalue weighted by Gasteiger charge is -2.02. The van der Waals surface area contributed by atoms with Gasteiger partial charge < -0.3 is 4.98 Å². The van der Waals surface area contributed by atoms with Crippen LogP contribution in [0.4, 0.5) is 0 Å². The maximum Gasteiger partial charge on any atom is 0.165 e. The highest BCUT2D eigenvalue weighted by Crippen LogP contribution is 2.20. The molecule has 0 aliphatic rings. The maximum absolute atomic E-state index is 12.3. The van der Waals surface area contributed by atoms with Gasteiger partial charge in [-0.2, -0.15) is 0 Å². The van der Waals surface area contributed by atoms with Crippen LogP contribution in [0, 0.1) is 0 Å². The molecule has 2 rings (SSSR count). The third kappa shape index (κ3) is 5.01. The number of ketones is 1. The molecule has 1 aromatic heterocycles. The monoisotopic (exact) mass is 299 g/mol. The number of carbonyl (C=O) groups is 1. The summed E-state index contributed by atoms with van der Waals surface area (Å²) in [6, 6.07) is 8.03. The van der Waals surface area contributed by atoms with Crippen molar-refractivity contribution in [3.05, 3.63) is 36.0 Å². The number of benzene rings is 1. The molecule has 2 heteroatoms. The second-order valence-corrected chi connectivity index (χ2v) is 6.25. The van der Waals surface area contributed by atoms with Gasteiger partial charge in [0.05, 0.1) is 0 Å². The first-order valence-corrected chi connectivity index (χ1v) is 8.92. The topological polar surface area (TPSA) is 32.9 Å². The standard InChI is InChI=1S/C20H29NO/c1-2-3-4-5-6-7-8-9-10-15-20(22)18-16-21-19-14-12-11-13-17(18)19/h11-14,16,21H,2-10,15H2,1H3. The van der Waals surface area contributed by atoms with Crippen LogP contribution >= 0.6 is 0 Å². The van der Waals surface area contributed by atoms with Gasteiger partial charge in [-0.05, 0) is 12.5 Å². The Labute approximate surface area is 134 Å². The molecule has 120 valence electrons. The van der Waals surface area contributed by atoms with E-state index in [0.29, 0.717) is 6.42 Å². The van der Waals surface area contributed by atoms with Gasteiger partial charge >= 0.3 is 0 Å². The minimum atomic E-state index is 0.278. The molecule has 2 aromatic rings. The SMILES string of the molecule is CCCCCCCCCCCC(=O)c1c[nH]c2ccccc12. The highest BCUT2D eigenvalue weighted by molar-refractivity contribution is 6.07. The van der Waals surface area contributed by atoms with Crippen LogP contribution in [0.25, 0.3) is 10.9 Å². The van der Waals surface area contributed by atoms with Crippen molar-refractivity contribution in [1.29, 1.82) is 0 Å². The van der Waals surface area contributed by atoms with E-state index < -0.39 is 0 Å². The van der Waals surface area contributed by atoms with Crippen molar-refractivity contribution in [2.24, 2.45) is 0 Å². The summed E-state index contributed by atoms with van der Waals surface area (Å²) < 4.78 is 0. The molecular formula is C20H29NO. The molecule has 0 radical (unpaired) electrons. The molecule has 0 amide bonds. The number of Topliss-reactive ketones (excluding diaryl/α,β-unsaturated/α-hetero) is 1. The van der Waals surface area contributed by atoms with E-state index in [1.807, 2.05) is 30.5 Å². The van der Waals surface area contributed by atoms with Crippen LogP contribution in [-0.4, -0.2) is 10.8 Å². The molecule has 0 bridgehead atoms. The third-order valence-electron chi connectivity index (χ3n) is 4.40. The lowest BCUT2D eigenvalue weighted by atomic mass is 10.0. The molecule has 1 heterocycles. The average molecular weight is 299 g/mol. The fourth-order valence-corrected chi connectivity index (χ4v) is 3.03. The molecular weight excluding hydrogens is 270 g/mol. The summed E-state index contributed by atoms with van der Waals surface area (Å²) in [4.78, 5) is 15.5. The third-order valence-corrected chi connectivity index (χ3v) is 4.40. The quantitative estimate of drug-likeness (QED) is 0.385. The van der Waals surface area contributed by atoms with Gasteiger partial charge in [-0.3, -0.25) is 4.79 Å². The number of hydrogen-bond donors (Lipinski definition) is 1. The molecule has 1 N–H and O–H groups in total. The number of para-hydroxylation sites is 1. The van der Waals surface area contributed by atoms with Gasteiger partial charge in [0.2, 0.25) is 0 Å². The van der Waals surface area contributed by atoms with E-state index in [4.69, 9.17) is 0 Å². The number of fused-ring (bicyclic) bond motifs is 1. The predicted molar refractivity (Wildman–Crippen MR) is 94.5 cm³/mol. The van der Waals surface area contributed by atoms with Gasteiger partial charge in [-0.25, -0.2) is 0 Å². The molecule has 0 saturated carbocycles. The van der Waals surface area contributed by atoms with E-state index in [9.17, 15) is 4.79 Å². The number of carbonyl (C=O) groups excluding carboxylic acids is 1. The molecule has 0 aliphatic heterocycles. The second-order valence-electron chi connectivity index (χ2n) is 6.25. The van der Waals surface area contributed by atoms with Crippen molar-refractivity contribution < 1.29 is 4.79 Å². The van der Waals surface area contributed by atoms with Gasteiger partial charge in [0.25, 0.3) is 0 Å². The Balaban J connectivity index is 1.62.